The predicted octanol–water partition coefficient (Wildman–Crippen LogP) is 9.49. The van der Waals surface area contributed by atoms with E-state index in [0.717, 1.165) is 11.3 Å². The van der Waals surface area contributed by atoms with Gasteiger partial charge in [-0.3, -0.25) is 4.55 Å². The third-order valence-electron chi connectivity index (χ3n) is 8.33. The van der Waals surface area contributed by atoms with Gasteiger partial charge in [-0.1, -0.05) is 123 Å². The second kappa shape index (κ2) is 16.3. The second-order valence-electron chi connectivity index (χ2n) is 11.8. The summed E-state index contributed by atoms with van der Waals surface area (Å²) < 4.78 is 25.9. The Balaban J connectivity index is 0.000000771. The van der Waals surface area contributed by atoms with Gasteiger partial charge < -0.3 is 0 Å². The molecule has 0 aromatic heterocycles. The highest BCUT2D eigenvalue weighted by atomic mass is 32.2. The van der Waals surface area contributed by atoms with Crippen molar-refractivity contribution in [2.45, 2.75) is 135 Å². The van der Waals surface area contributed by atoms with E-state index < -0.39 is 10.1 Å². The normalized spacial score (nSPS) is 17.2. The van der Waals surface area contributed by atoms with Crippen molar-refractivity contribution in [1.82, 2.24) is 0 Å². The molecule has 0 unspecified atom stereocenters. The summed E-state index contributed by atoms with van der Waals surface area (Å²) >= 11 is 0. The minimum absolute atomic E-state index is 0.0942. The van der Waals surface area contributed by atoms with Crippen LogP contribution in [0.15, 0.2) is 36.4 Å². The molecule has 0 radical (unpaired) electrons. The van der Waals surface area contributed by atoms with Crippen molar-refractivity contribution < 1.29 is 13.0 Å². The Bertz CT molecular complexity index is 1060. The molecule has 0 atom stereocenters. The Labute approximate surface area is 241 Å². The Morgan fingerprint density at radius 1 is 0.744 bits per heavy atom. The molecule has 0 bridgehead atoms. The highest BCUT2D eigenvalue weighted by Crippen LogP contribution is 2.56. The minimum Gasteiger partial charge on any atom is -0.286 e. The Hall–Kier alpha value is -1.22. The fourth-order valence-corrected chi connectivity index (χ4v) is 10.8. The van der Waals surface area contributed by atoms with E-state index in [9.17, 15) is 8.42 Å². The zero-order valence-corrected chi connectivity index (χ0v) is 26.8. The number of hydrogen-bond acceptors (Lipinski definition) is 2. The lowest BCUT2D eigenvalue weighted by Crippen LogP contribution is -2.27. The number of rotatable bonds is 10. The maximum absolute atomic E-state index is 9.19. The number of aryl methyl sites for hydroxylation is 3. The van der Waals surface area contributed by atoms with Crippen LogP contribution in [0.2, 0.25) is 0 Å². The van der Waals surface area contributed by atoms with Crippen LogP contribution in [0, 0.1) is 0 Å². The van der Waals surface area contributed by atoms with Crippen LogP contribution in [0.4, 0.5) is 0 Å². The average molecular weight is 573 g/mol. The van der Waals surface area contributed by atoms with Crippen molar-refractivity contribution in [3.63, 3.8) is 0 Å². The lowest BCUT2D eigenvalue weighted by Gasteiger charge is -2.40. The van der Waals surface area contributed by atoms with Gasteiger partial charge in [-0.05, 0) is 89.4 Å². The summed E-state index contributed by atoms with van der Waals surface area (Å²) in [6, 6.07) is 15.0. The van der Waals surface area contributed by atoms with Gasteiger partial charge in [0.05, 0.1) is 6.26 Å². The highest BCUT2D eigenvalue weighted by Gasteiger charge is 2.34. The predicted molar refractivity (Wildman–Crippen MR) is 172 cm³/mol. The molecule has 3 nitrogen and oxygen atoms in total. The lowest BCUT2D eigenvalue weighted by molar-refractivity contribution is 0.487. The van der Waals surface area contributed by atoms with Crippen LogP contribution in [0.25, 0.3) is 11.1 Å². The molecule has 2 aliphatic carbocycles. The first kappa shape index (κ1) is 32.3. The van der Waals surface area contributed by atoms with E-state index in [1.54, 1.807) is 33.1 Å². The first-order valence-corrected chi connectivity index (χ1v) is 19.0. The summed E-state index contributed by atoms with van der Waals surface area (Å²) in [4.78, 5) is 0. The van der Waals surface area contributed by atoms with Crippen LogP contribution in [0.3, 0.4) is 0 Å². The monoisotopic (exact) mass is 572 g/mol. The molecule has 2 aromatic carbocycles. The molecular formula is C34H53O3PS. The summed E-state index contributed by atoms with van der Waals surface area (Å²) in [7, 11) is -3.76. The quantitative estimate of drug-likeness (QED) is 0.228. The Morgan fingerprint density at radius 2 is 1.18 bits per heavy atom. The molecule has 0 amide bonds. The maximum Gasteiger partial charge on any atom is 0.261 e. The molecule has 2 aromatic rings. The van der Waals surface area contributed by atoms with Gasteiger partial charge in [-0.15, -0.1) is 0 Å². The number of hydrogen-bond donors (Lipinski definition) is 1. The van der Waals surface area contributed by atoms with E-state index in [4.69, 9.17) is 4.55 Å². The van der Waals surface area contributed by atoms with Gasteiger partial charge in [-0.25, -0.2) is 0 Å². The zero-order valence-electron chi connectivity index (χ0n) is 25.1. The molecule has 0 heterocycles. The van der Waals surface area contributed by atoms with Crippen molar-refractivity contribution in [1.29, 1.82) is 0 Å². The molecule has 2 fully saturated rings. The summed E-state index contributed by atoms with van der Waals surface area (Å²) in [5, 5.41) is 1.77. The Morgan fingerprint density at radius 3 is 1.62 bits per heavy atom. The van der Waals surface area contributed by atoms with E-state index in [1.165, 1.54) is 103 Å². The first-order chi connectivity index (χ1) is 18.8. The molecule has 2 saturated carbocycles. The lowest BCUT2D eigenvalue weighted by atomic mass is 9.87. The smallest absolute Gasteiger partial charge is 0.261 e. The number of benzene rings is 2. The van der Waals surface area contributed by atoms with E-state index in [0.29, 0.717) is 6.26 Å². The first-order valence-electron chi connectivity index (χ1n) is 15.7. The molecule has 4 rings (SSSR count). The van der Waals surface area contributed by atoms with E-state index >= 15 is 0 Å². The third kappa shape index (κ3) is 9.98. The van der Waals surface area contributed by atoms with Crippen molar-refractivity contribution >= 4 is 23.3 Å². The van der Waals surface area contributed by atoms with E-state index in [1.807, 2.05) is 0 Å². The SMILES string of the molecule is CCCc1cc(CCC)c(-c2ccccc2P(C2CCCCC2)C2CCCCC2)c(CCC)c1.CS(=O)(=O)O. The van der Waals surface area contributed by atoms with Crippen LogP contribution in [-0.4, -0.2) is 30.5 Å². The summed E-state index contributed by atoms with van der Waals surface area (Å²) in [5.41, 5.74) is 10.0. The van der Waals surface area contributed by atoms with Crippen LogP contribution < -0.4 is 5.30 Å². The summed E-state index contributed by atoms with van der Waals surface area (Å²) in [6.07, 6.45) is 22.8. The van der Waals surface area contributed by atoms with Gasteiger partial charge in [0.1, 0.15) is 0 Å². The van der Waals surface area contributed by atoms with Crippen LogP contribution in [0.1, 0.15) is 121 Å². The average Bonchev–Trinajstić information content (AvgIpc) is 2.90. The van der Waals surface area contributed by atoms with Crippen LogP contribution >= 0.6 is 7.92 Å². The summed E-state index contributed by atoms with van der Waals surface area (Å²) in [6.45, 7) is 7.04. The highest BCUT2D eigenvalue weighted by molar-refractivity contribution is 7.85. The molecule has 1 N–H and O–H groups in total. The largest absolute Gasteiger partial charge is 0.286 e. The standard InChI is InChI=1S/C33H49P.CH4O3S/c1-4-15-26-24-27(16-5-2)33(28(25-26)17-6-3)31-22-13-14-23-32(31)34(29-18-9-7-10-19-29)30-20-11-8-12-21-30;1-5(2,3)4/h13-14,22-25,29-30H,4-12,15-21H2,1-3H3;1H3,(H,2,3,4). The van der Waals surface area contributed by atoms with Gasteiger partial charge in [0.15, 0.2) is 0 Å². The van der Waals surface area contributed by atoms with Crippen LogP contribution in [0.5, 0.6) is 0 Å². The molecule has 2 aliphatic rings. The van der Waals surface area contributed by atoms with Gasteiger partial charge in [0.25, 0.3) is 10.1 Å². The molecule has 39 heavy (non-hydrogen) atoms. The zero-order chi connectivity index (χ0) is 28.3. The van der Waals surface area contributed by atoms with Crippen molar-refractivity contribution in [2.24, 2.45) is 0 Å². The Kier molecular flexibility index (Phi) is 13.5. The van der Waals surface area contributed by atoms with Crippen molar-refractivity contribution in [3.05, 3.63) is 53.1 Å². The minimum atomic E-state index is -3.67. The maximum atomic E-state index is 9.19. The topological polar surface area (TPSA) is 54.4 Å². The van der Waals surface area contributed by atoms with Gasteiger partial charge in [-0.2, -0.15) is 8.42 Å². The van der Waals surface area contributed by atoms with Crippen molar-refractivity contribution in [2.75, 3.05) is 6.26 Å². The van der Waals surface area contributed by atoms with Crippen LogP contribution in [-0.2, 0) is 29.4 Å². The molecular weight excluding hydrogens is 519 g/mol. The summed E-state index contributed by atoms with van der Waals surface area (Å²) in [5.74, 6) is 0. The fourth-order valence-electron chi connectivity index (χ4n) is 6.87. The van der Waals surface area contributed by atoms with Gasteiger partial charge >= 0.3 is 0 Å². The van der Waals surface area contributed by atoms with Gasteiger partial charge in [0, 0.05) is 0 Å². The van der Waals surface area contributed by atoms with E-state index in [-0.39, 0.29) is 7.92 Å². The van der Waals surface area contributed by atoms with Gasteiger partial charge in [0.2, 0.25) is 0 Å². The molecule has 0 saturated heterocycles. The second-order valence-corrected chi connectivity index (χ2v) is 16.0. The molecule has 218 valence electrons. The van der Waals surface area contributed by atoms with E-state index in [2.05, 4.69) is 57.2 Å². The third-order valence-corrected chi connectivity index (χ3v) is 11.9. The molecule has 5 heteroatoms. The molecule has 0 spiro atoms. The fraction of sp³-hybridized carbons (Fsp3) is 0.647. The molecule has 0 aliphatic heterocycles. The van der Waals surface area contributed by atoms with Crippen molar-refractivity contribution in [3.8, 4) is 11.1 Å².